The lowest BCUT2D eigenvalue weighted by atomic mass is 10.2. The number of nitrogens with one attached hydrogen (secondary N) is 2. The van der Waals surface area contributed by atoms with Crippen LogP contribution in [-0.2, 0) is 4.79 Å². The van der Waals surface area contributed by atoms with Gasteiger partial charge in [0.2, 0.25) is 5.91 Å². The number of amides is 1. The van der Waals surface area contributed by atoms with Crippen molar-refractivity contribution in [3.8, 4) is 0 Å². The number of carbonyl (C=O) groups excluding carboxylic acids is 1. The van der Waals surface area contributed by atoms with Gasteiger partial charge in [0, 0.05) is 12.6 Å². The molecule has 0 radical (unpaired) electrons. The Balaban J connectivity index is 1.81. The predicted octanol–water partition coefficient (Wildman–Crippen LogP) is 0.407. The Morgan fingerprint density at radius 1 is 1.25 bits per heavy atom. The molecule has 2 N–H and O–H groups in total. The Hall–Kier alpha value is -0.570. The largest absolute Gasteiger partial charge is 0.355 e. The van der Waals surface area contributed by atoms with Gasteiger partial charge in [0.15, 0.2) is 0 Å². The number of hydrogen-bond donors (Lipinski definition) is 2. The molecule has 0 bridgehead atoms. The standard InChI is InChI=1S/C9H16N2O/c12-9-8(5-6-10-9)11-7-3-1-2-4-7/h7-8,11H,1-6H2,(H,10,12). The van der Waals surface area contributed by atoms with Crippen LogP contribution in [-0.4, -0.2) is 24.5 Å². The fourth-order valence-corrected chi connectivity index (χ4v) is 2.13. The predicted molar refractivity (Wildman–Crippen MR) is 46.8 cm³/mol. The van der Waals surface area contributed by atoms with Gasteiger partial charge in [-0.2, -0.15) is 0 Å². The van der Waals surface area contributed by atoms with E-state index in [9.17, 15) is 4.79 Å². The second-order valence-corrected chi connectivity index (χ2v) is 3.78. The van der Waals surface area contributed by atoms with Crippen LogP contribution in [0.15, 0.2) is 0 Å². The maximum atomic E-state index is 11.2. The molecule has 1 heterocycles. The summed E-state index contributed by atoms with van der Waals surface area (Å²) in [4.78, 5) is 11.2. The first-order valence-corrected chi connectivity index (χ1v) is 4.90. The zero-order chi connectivity index (χ0) is 8.39. The highest BCUT2D eigenvalue weighted by Gasteiger charge is 2.27. The van der Waals surface area contributed by atoms with Gasteiger partial charge in [0.05, 0.1) is 6.04 Å². The highest BCUT2D eigenvalue weighted by Crippen LogP contribution is 2.19. The molecule has 2 aliphatic rings. The van der Waals surface area contributed by atoms with Crippen LogP contribution in [0.5, 0.6) is 0 Å². The molecule has 68 valence electrons. The summed E-state index contributed by atoms with van der Waals surface area (Å²) in [5.41, 5.74) is 0. The van der Waals surface area contributed by atoms with Gasteiger partial charge in [0.1, 0.15) is 0 Å². The molecule has 1 aliphatic heterocycles. The van der Waals surface area contributed by atoms with E-state index in [1.54, 1.807) is 0 Å². The summed E-state index contributed by atoms with van der Waals surface area (Å²) in [6, 6.07) is 0.715. The molecular weight excluding hydrogens is 152 g/mol. The first kappa shape index (κ1) is 8.05. The molecule has 1 unspecified atom stereocenters. The van der Waals surface area contributed by atoms with Crippen molar-refractivity contribution in [2.45, 2.75) is 44.2 Å². The van der Waals surface area contributed by atoms with E-state index in [1.807, 2.05) is 0 Å². The molecule has 0 aromatic heterocycles. The van der Waals surface area contributed by atoms with Gasteiger partial charge >= 0.3 is 0 Å². The molecule has 2 rings (SSSR count). The normalized spacial score (nSPS) is 31.0. The summed E-state index contributed by atoms with van der Waals surface area (Å²) >= 11 is 0. The lowest BCUT2D eigenvalue weighted by Gasteiger charge is -2.15. The summed E-state index contributed by atoms with van der Waals surface area (Å²) in [6.45, 7) is 0.850. The van der Waals surface area contributed by atoms with Crippen molar-refractivity contribution < 1.29 is 4.79 Å². The van der Waals surface area contributed by atoms with Crippen LogP contribution in [0.3, 0.4) is 0 Å². The minimum atomic E-state index is 0.105. The van der Waals surface area contributed by atoms with E-state index >= 15 is 0 Å². The van der Waals surface area contributed by atoms with Crippen LogP contribution in [0.25, 0.3) is 0 Å². The van der Waals surface area contributed by atoms with Gasteiger partial charge in [0.25, 0.3) is 0 Å². The van der Waals surface area contributed by atoms with Crippen molar-refractivity contribution in [3.63, 3.8) is 0 Å². The van der Waals surface area contributed by atoms with Crippen LogP contribution in [0.2, 0.25) is 0 Å². The highest BCUT2D eigenvalue weighted by molar-refractivity contribution is 5.83. The van der Waals surface area contributed by atoms with E-state index in [0.717, 1.165) is 13.0 Å². The van der Waals surface area contributed by atoms with Crippen molar-refractivity contribution in [1.82, 2.24) is 10.6 Å². The molecule has 3 nitrogen and oxygen atoms in total. The van der Waals surface area contributed by atoms with Gasteiger partial charge in [-0.1, -0.05) is 12.8 Å². The Morgan fingerprint density at radius 2 is 2.00 bits per heavy atom. The fraction of sp³-hybridized carbons (Fsp3) is 0.889. The van der Waals surface area contributed by atoms with E-state index in [0.29, 0.717) is 6.04 Å². The van der Waals surface area contributed by atoms with E-state index in [-0.39, 0.29) is 11.9 Å². The van der Waals surface area contributed by atoms with Crippen LogP contribution in [0.4, 0.5) is 0 Å². The average molecular weight is 168 g/mol. The summed E-state index contributed by atoms with van der Waals surface area (Å²) in [6.07, 6.45) is 6.13. The first-order valence-electron chi connectivity index (χ1n) is 4.90. The fourth-order valence-electron chi connectivity index (χ4n) is 2.13. The second kappa shape index (κ2) is 3.44. The quantitative estimate of drug-likeness (QED) is 0.627. The van der Waals surface area contributed by atoms with Crippen LogP contribution < -0.4 is 10.6 Å². The highest BCUT2D eigenvalue weighted by atomic mass is 16.2. The molecule has 1 atom stereocenters. The molecule has 3 heteroatoms. The smallest absolute Gasteiger partial charge is 0.237 e. The summed E-state index contributed by atoms with van der Waals surface area (Å²) < 4.78 is 0. The Kier molecular flexibility index (Phi) is 2.30. The molecular formula is C9H16N2O. The Labute approximate surface area is 72.9 Å². The van der Waals surface area contributed by atoms with Gasteiger partial charge in [-0.25, -0.2) is 0 Å². The van der Waals surface area contributed by atoms with Crippen molar-refractivity contribution in [3.05, 3.63) is 0 Å². The molecule has 1 amide bonds. The van der Waals surface area contributed by atoms with E-state index in [2.05, 4.69) is 10.6 Å². The third kappa shape index (κ3) is 1.61. The van der Waals surface area contributed by atoms with E-state index in [1.165, 1.54) is 25.7 Å². The van der Waals surface area contributed by atoms with Gasteiger partial charge in [-0.05, 0) is 19.3 Å². The topological polar surface area (TPSA) is 41.1 Å². The van der Waals surface area contributed by atoms with Crippen LogP contribution in [0.1, 0.15) is 32.1 Å². The van der Waals surface area contributed by atoms with Crippen molar-refractivity contribution in [2.24, 2.45) is 0 Å². The monoisotopic (exact) mass is 168 g/mol. The second-order valence-electron chi connectivity index (χ2n) is 3.78. The average Bonchev–Trinajstić information content (AvgIpc) is 2.65. The molecule has 0 aromatic rings. The number of rotatable bonds is 2. The lowest BCUT2D eigenvalue weighted by molar-refractivity contribution is -0.121. The van der Waals surface area contributed by atoms with Gasteiger partial charge in [-0.3, -0.25) is 4.79 Å². The van der Waals surface area contributed by atoms with Crippen LogP contribution in [0, 0.1) is 0 Å². The number of carbonyl (C=O) groups is 1. The zero-order valence-electron chi connectivity index (χ0n) is 7.31. The summed E-state index contributed by atoms with van der Waals surface area (Å²) in [5.74, 6) is 0.196. The van der Waals surface area contributed by atoms with Gasteiger partial charge in [-0.15, -0.1) is 0 Å². The molecule has 1 saturated heterocycles. The SMILES string of the molecule is O=C1NCCC1NC1CCCC1. The van der Waals surface area contributed by atoms with E-state index in [4.69, 9.17) is 0 Å². The van der Waals surface area contributed by atoms with Crippen molar-refractivity contribution in [2.75, 3.05) is 6.54 Å². The molecule has 12 heavy (non-hydrogen) atoms. The molecule has 1 aliphatic carbocycles. The first-order chi connectivity index (χ1) is 5.86. The maximum absolute atomic E-state index is 11.2. The molecule has 1 saturated carbocycles. The summed E-state index contributed by atoms with van der Waals surface area (Å²) in [7, 11) is 0. The van der Waals surface area contributed by atoms with E-state index < -0.39 is 0 Å². The molecule has 2 fully saturated rings. The van der Waals surface area contributed by atoms with Crippen LogP contribution >= 0.6 is 0 Å². The summed E-state index contributed by atoms with van der Waals surface area (Å²) in [5, 5.41) is 6.26. The number of hydrogen-bond acceptors (Lipinski definition) is 2. The van der Waals surface area contributed by atoms with Crippen molar-refractivity contribution in [1.29, 1.82) is 0 Å². The Morgan fingerprint density at radius 3 is 2.58 bits per heavy atom. The molecule has 0 spiro atoms. The van der Waals surface area contributed by atoms with Gasteiger partial charge < -0.3 is 10.6 Å². The Bertz CT molecular complexity index is 175. The lowest BCUT2D eigenvalue weighted by Crippen LogP contribution is -2.41. The maximum Gasteiger partial charge on any atom is 0.237 e. The third-order valence-corrected chi connectivity index (χ3v) is 2.84. The minimum Gasteiger partial charge on any atom is -0.355 e. The minimum absolute atomic E-state index is 0.105. The third-order valence-electron chi connectivity index (χ3n) is 2.84. The molecule has 0 aromatic carbocycles. The van der Waals surface area contributed by atoms with Crippen molar-refractivity contribution >= 4 is 5.91 Å². The zero-order valence-corrected chi connectivity index (χ0v) is 7.31.